The van der Waals surface area contributed by atoms with Gasteiger partial charge in [0.25, 0.3) is 0 Å². The molecule has 1 aliphatic heterocycles. The Balaban J connectivity index is 2.07. The summed E-state index contributed by atoms with van der Waals surface area (Å²) in [5.41, 5.74) is 3.85. The maximum atomic E-state index is 11.1. The third-order valence-corrected chi connectivity index (χ3v) is 3.46. The van der Waals surface area contributed by atoms with E-state index >= 15 is 0 Å². The average molecular weight is 252 g/mol. The fraction of sp³-hybridized carbons (Fsp3) is 0.235. The second kappa shape index (κ2) is 4.23. The van der Waals surface area contributed by atoms with Crippen molar-refractivity contribution in [2.24, 2.45) is 0 Å². The van der Waals surface area contributed by atoms with Crippen LogP contribution in [0.2, 0.25) is 0 Å². The van der Waals surface area contributed by atoms with E-state index in [2.05, 4.69) is 19.9 Å². The molecule has 0 spiro atoms. The van der Waals surface area contributed by atoms with E-state index in [1.807, 2.05) is 36.4 Å². The molecule has 0 fully saturated rings. The molecule has 0 radical (unpaired) electrons. The summed E-state index contributed by atoms with van der Waals surface area (Å²) in [5.74, 6) is 0.956. The van der Waals surface area contributed by atoms with Gasteiger partial charge >= 0.3 is 0 Å². The van der Waals surface area contributed by atoms with Crippen LogP contribution in [0.3, 0.4) is 0 Å². The van der Waals surface area contributed by atoms with Gasteiger partial charge in [0.1, 0.15) is 11.4 Å². The van der Waals surface area contributed by atoms with Crippen LogP contribution >= 0.6 is 0 Å². The van der Waals surface area contributed by atoms with Crippen molar-refractivity contribution in [3.05, 3.63) is 53.6 Å². The molecule has 0 amide bonds. The fourth-order valence-electron chi connectivity index (χ4n) is 2.64. The highest BCUT2D eigenvalue weighted by atomic mass is 16.5. The minimum atomic E-state index is -0.134. The van der Waals surface area contributed by atoms with Gasteiger partial charge in [0.2, 0.25) is 0 Å². The second-order valence-electron chi connectivity index (χ2n) is 5.57. The molecule has 2 nitrogen and oxygen atoms in total. The van der Waals surface area contributed by atoms with Gasteiger partial charge in [-0.05, 0) is 42.7 Å². The number of carbonyl (C=O) groups excluding carboxylic acids is 1. The third-order valence-electron chi connectivity index (χ3n) is 3.46. The van der Waals surface area contributed by atoms with Gasteiger partial charge < -0.3 is 4.74 Å². The first-order valence-corrected chi connectivity index (χ1v) is 6.46. The lowest BCUT2D eigenvalue weighted by molar-refractivity contribution is 0.112. The molecular formula is C17H16O2. The number of hydrogen-bond donors (Lipinski definition) is 0. The summed E-state index contributed by atoms with van der Waals surface area (Å²) < 4.78 is 5.87. The van der Waals surface area contributed by atoms with E-state index in [0.717, 1.165) is 35.1 Å². The fourth-order valence-corrected chi connectivity index (χ4v) is 2.64. The Kier molecular flexibility index (Phi) is 2.67. The average Bonchev–Trinajstić information content (AvgIpc) is 2.71. The van der Waals surface area contributed by atoms with E-state index in [-0.39, 0.29) is 5.60 Å². The summed E-state index contributed by atoms with van der Waals surface area (Å²) in [7, 11) is 0. The van der Waals surface area contributed by atoms with E-state index in [4.69, 9.17) is 4.74 Å². The monoisotopic (exact) mass is 252 g/mol. The van der Waals surface area contributed by atoms with Gasteiger partial charge in [-0.15, -0.1) is 0 Å². The molecule has 2 aromatic rings. The molecule has 0 saturated carbocycles. The van der Waals surface area contributed by atoms with Crippen molar-refractivity contribution in [1.29, 1.82) is 0 Å². The summed E-state index contributed by atoms with van der Waals surface area (Å²) in [6, 6.07) is 13.8. The molecule has 19 heavy (non-hydrogen) atoms. The van der Waals surface area contributed by atoms with E-state index in [0.29, 0.717) is 0 Å². The number of benzene rings is 2. The summed E-state index contributed by atoms with van der Waals surface area (Å²) >= 11 is 0. The lowest BCUT2D eigenvalue weighted by Gasteiger charge is -2.16. The van der Waals surface area contributed by atoms with Crippen molar-refractivity contribution >= 4 is 6.29 Å². The highest BCUT2D eigenvalue weighted by Crippen LogP contribution is 2.37. The summed E-state index contributed by atoms with van der Waals surface area (Å²) in [6.07, 6.45) is 1.81. The molecule has 0 unspecified atom stereocenters. The number of aldehydes is 1. The summed E-state index contributed by atoms with van der Waals surface area (Å²) in [6.45, 7) is 4.18. The molecule has 1 aliphatic rings. The SMILES string of the molecule is CC1(C)Cc2cc(-c3ccccc3C=O)ccc2O1. The maximum Gasteiger partial charge on any atom is 0.150 e. The largest absolute Gasteiger partial charge is 0.487 e. The summed E-state index contributed by atoms with van der Waals surface area (Å²) in [4.78, 5) is 11.1. The van der Waals surface area contributed by atoms with Gasteiger partial charge in [-0.25, -0.2) is 0 Å². The quantitative estimate of drug-likeness (QED) is 0.758. The molecule has 96 valence electrons. The Morgan fingerprint density at radius 3 is 2.74 bits per heavy atom. The molecule has 1 heterocycles. The lowest BCUT2D eigenvalue weighted by Crippen LogP contribution is -2.24. The Bertz CT molecular complexity index is 641. The second-order valence-corrected chi connectivity index (χ2v) is 5.57. The maximum absolute atomic E-state index is 11.1. The zero-order chi connectivity index (χ0) is 13.5. The number of fused-ring (bicyclic) bond motifs is 1. The van der Waals surface area contributed by atoms with Crippen LogP contribution in [0, 0.1) is 0 Å². The van der Waals surface area contributed by atoms with Crippen LogP contribution < -0.4 is 4.74 Å². The molecule has 3 rings (SSSR count). The molecule has 0 aliphatic carbocycles. The highest BCUT2D eigenvalue weighted by molar-refractivity contribution is 5.87. The van der Waals surface area contributed by atoms with Crippen LogP contribution in [0.4, 0.5) is 0 Å². The Morgan fingerprint density at radius 1 is 1.16 bits per heavy atom. The third kappa shape index (κ3) is 2.14. The van der Waals surface area contributed by atoms with Crippen LogP contribution in [0.5, 0.6) is 5.75 Å². The number of hydrogen-bond acceptors (Lipinski definition) is 2. The van der Waals surface area contributed by atoms with Crippen molar-refractivity contribution in [1.82, 2.24) is 0 Å². The van der Waals surface area contributed by atoms with Gasteiger partial charge in [0, 0.05) is 12.0 Å². The van der Waals surface area contributed by atoms with E-state index in [9.17, 15) is 4.79 Å². The van der Waals surface area contributed by atoms with Gasteiger partial charge in [0.15, 0.2) is 6.29 Å². The van der Waals surface area contributed by atoms with Crippen molar-refractivity contribution in [3.8, 4) is 16.9 Å². The zero-order valence-corrected chi connectivity index (χ0v) is 11.1. The minimum absolute atomic E-state index is 0.134. The van der Waals surface area contributed by atoms with Gasteiger partial charge in [-0.3, -0.25) is 4.79 Å². The van der Waals surface area contributed by atoms with Crippen LogP contribution in [0.15, 0.2) is 42.5 Å². The smallest absolute Gasteiger partial charge is 0.150 e. The lowest BCUT2D eigenvalue weighted by atomic mass is 9.95. The predicted octanol–water partition coefficient (Wildman–Crippen LogP) is 3.88. The number of rotatable bonds is 2. The van der Waals surface area contributed by atoms with E-state index in [1.54, 1.807) is 0 Å². The first-order chi connectivity index (χ1) is 9.09. The first-order valence-electron chi connectivity index (χ1n) is 6.46. The van der Waals surface area contributed by atoms with Crippen molar-refractivity contribution in [3.63, 3.8) is 0 Å². The Labute approximate surface area is 113 Å². The molecule has 0 atom stereocenters. The van der Waals surface area contributed by atoms with E-state index < -0.39 is 0 Å². The van der Waals surface area contributed by atoms with Crippen LogP contribution in [0.1, 0.15) is 29.8 Å². The van der Waals surface area contributed by atoms with Crippen molar-refractivity contribution < 1.29 is 9.53 Å². The number of carbonyl (C=O) groups is 1. The molecule has 0 N–H and O–H groups in total. The standard InChI is InChI=1S/C17H16O2/c1-17(2)10-14-9-12(7-8-16(14)19-17)15-6-4-3-5-13(15)11-18/h3-9,11H,10H2,1-2H3. The first kappa shape index (κ1) is 12.0. The van der Waals surface area contributed by atoms with Gasteiger partial charge in [-0.2, -0.15) is 0 Å². The normalized spacial score (nSPS) is 15.7. The van der Waals surface area contributed by atoms with Crippen LogP contribution in [0.25, 0.3) is 11.1 Å². The van der Waals surface area contributed by atoms with Crippen LogP contribution in [-0.4, -0.2) is 11.9 Å². The van der Waals surface area contributed by atoms with E-state index in [1.165, 1.54) is 5.56 Å². The minimum Gasteiger partial charge on any atom is -0.487 e. The zero-order valence-electron chi connectivity index (χ0n) is 11.1. The number of ether oxygens (including phenoxy) is 1. The molecule has 0 bridgehead atoms. The van der Waals surface area contributed by atoms with Crippen LogP contribution in [-0.2, 0) is 6.42 Å². The topological polar surface area (TPSA) is 26.3 Å². The molecule has 2 heteroatoms. The Morgan fingerprint density at radius 2 is 1.95 bits per heavy atom. The summed E-state index contributed by atoms with van der Waals surface area (Å²) in [5, 5.41) is 0. The Hall–Kier alpha value is -2.09. The predicted molar refractivity (Wildman–Crippen MR) is 75.7 cm³/mol. The van der Waals surface area contributed by atoms with Gasteiger partial charge in [0.05, 0.1) is 0 Å². The molecule has 2 aromatic carbocycles. The van der Waals surface area contributed by atoms with Crippen molar-refractivity contribution in [2.75, 3.05) is 0 Å². The highest BCUT2D eigenvalue weighted by Gasteiger charge is 2.30. The van der Waals surface area contributed by atoms with Gasteiger partial charge in [-0.1, -0.05) is 30.3 Å². The molecular weight excluding hydrogens is 236 g/mol. The molecule has 0 saturated heterocycles. The molecule has 0 aromatic heterocycles. The van der Waals surface area contributed by atoms with Crippen molar-refractivity contribution in [2.45, 2.75) is 25.9 Å².